The van der Waals surface area contributed by atoms with E-state index in [1.54, 1.807) is 62.6 Å². The number of fused-ring (bicyclic) bond motifs is 1. The SMILES string of the molecule is Cc1nc2c(OCc3c(F)cccc3F)cccn2c1C(=O)NC(CCC(=O)OC(C)(C)C)COc1ccccc1. The maximum absolute atomic E-state index is 14.1. The predicted octanol–water partition coefficient (Wildman–Crippen LogP) is 5.80. The van der Waals surface area contributed by atoms with Crippen LogP contribution >= 0.6 is 0 Å². The highest BCUT2D eigenvalue weighted by molar-refractivity contribution is 5.95. The summed E-state index contributed by atoms with van der Waals surface area (Å²) >= 11 is 0. The first-order valence-corrected chi connectivity index (χ1v) is 13.3. The van der Waals surface area contributed by atoms with Crippen molar-refractivity contribution >= 4 is 17.5 Å². The zero-order valence-corrected chi connectivity index (χ0v) is 23.4. The van der Waals surface area contributed by atoms with Crippen LogP contribution in [0.5, 0.6) is 11.5 Å². The van der Waals surface area contributed by atoms with E-state index in [0.717, 1.165) is 12.1 Å². The number of imidazole rings is 1. The lowest BCUT2D eigenvalue weighted by Crippen LogP contribution is -2.40. The molecular formula is C31H33F2N3O5. The molecule has 0 radical (unpaired) electrons. The molecule has 1 unspecified atom stereocenters. The molecule has 216 valence electrons. The minimum atomic E-state index is -0.716. The van der Waals surface area contributed by atoms with E-state index in [2.05, 4.69) is 10.3 Å². The second-order valence-electron chi connectivity index (χ2n) is 10.5. The molecule has 1 N–H and O–H groups in total. The Morgan fingerprint density at radius 2 is 1.68 bits per heavy atom. The second-order valence-corrected chi connectivity index (χ2v) is 10.5. The topological polar surface area (TPSA) is 91.2 Å². The number of carbonyl (C=O) groups excluding carboxylic acids is 2. The first-order valence-electron chi connectivity index (χ1n) is 13.3. The smallest absolute Gasteiger partial charge is 0.306 e. The van der Waals surface area contributed by atoms with Gasteiger partial charge in [-0.2, -0.15) is 0 Å². The molecule has 0 spiro atoms. The van der Waals surface area contributed by atoms with E-state index >= 15 is 0 Å². The standard InChI is InChI=1S/C31H33F2N3O5/c1-20-28(36-17-9-14-26(29(36)34-20)40-19-23-24(32)12-8-13-25(23)33)30(38)35-21(15-16-27(37)41-31(2,3)4)18-39-22-10-6-5-7-11-22/h5-14,17,21H,15-16,18-19H2,1-4H3,(H,35,38). The molecule has 8 nitrogen and oxygen atoms in total. The molecule has 4 rings (SSSR count). The fraction of sp³-hybridized carbons (Fsp3) is 0.323. The number of ether oxygens (including phenoxy) is 3. The first kappa shape index (κ1) is 29.5. The summed E-state index contributed by atoms with van der Waals surface area (Å²) in [5.41, 5.74) is 0.164. The van der Waals surface area contributed by atoms with Crippen molar-refractivity contribution in [3.63, 3.8) is 0 Å². The van der Waals surface area contributed by atoms with Crippen LogP contribution in [0.1, 0.15) is 55.4 Å². The van der Waals surface area contributed by atoms with Crippen LogP contribution in [0.4, 0.5) is 8.78 Å². The Morgan fingerprint density at radius 1 is 0.976 bits per heavy atom. The Hall–Kier alpha value is -4.47. The largest absolute Gasteiger partial charge is 0.491 e. The molecule has 0 aliphatic rings. The molecule has 1 amide bonds. The maximum atomic E-state index is 14.1. The highest BCUT2D eigenvalue weighted by Crippen LogP contribution is 2.24. The Bertz CT molecular complexity index is 1500. The molecule has 0 aliphatic carbocycles. The van der Waals surface area contributed by atoms with Gasteiger partial charge in [-0.15, -0.1) is 0 Å². The number of hydrogen-bond donors (Lipinski definition) is 1. The van der Waals surface area contributed by atoms with Crippen LogP contribution in [-0.2, 0) is 16.1 Å². The van der Waals surface area contributed by atoms with Crippen molar-refractivity contribution in [2.24, 2.45) is 0 Å². The van der Waals surface area contributed by atoms with E-state index in [4.69, 9.17) is 14.2 Å². The Morgan fingerprint density at radius 3 is 2.37 bits per heavy atom. The lowest BCUT2D eigenvalue weighted by molar-refractivity contribution is -0.155. The van der Waals surface area contributed by atoms with Crippen molar-refractivity contribution in [2.75, 3.05) is 6.61 Å². The fourth-order valence-electron chi connectivity index (χ4n) is 4.21. The summed E-state index contributed by atoms with van der Waals surface area (Å²) in [5.74, 6) is -1.36. The monoisotopic (exact) mass is 565 g/mol. The van der Waals surface area contributed by atoms with Gasteiger partial charge >= 0.3 is 5.97 Å². The predicted molar refractivity (Wildman–Crippen MR) is 149 cm³/mol. The molecule has 0 saturated heterocycles. The van der Waals surface area contributed by atoms with Crippen LogP contribution in [-0.4, -0.2) is 39.5 Å². The number of aryl methyl sites for hydroxylation is 1. The van der Waals surface area contributed by atoms with Gasteiger partial charge in [-0.25, -0.2) is 13.8 Å². The quantitative estimate of drug-likeness (QED) is 0.231. The number of nitrogens with one attached hydrogen (secondary N) is 1. The van der Waals surface area contributed by atoms with Crippen LogP contribution in [0.15, 0.2) is 66.9 Å². The average molecular weight is 566 g/mol. The van der Waals surface area contributed by atoms with E-state index in [1.807, 2.05) is 18.2 Å². The molecule has 0 fully saturated rings. The fourth-order valence-corrected chi connectivity index (χ4v) is 4.21. The summed E-state index contributed by atoms with van der Waals surface area (Å²) in [7, 11) is 0. The second kappa shape index (κ2) is 12.8. The molecule has 0 bridgehead atoms. The number of benzene rings is 2. The van der Waals surface area contributed by atoms with E-state index in [0.29, 0.717) is 17.1 Å². The molecule has 4 aromatic rings. The molecule has 2 aromatic heterocycles. The zero-order valence-electron chi connectivity index (χ0n) is 23.4. The maximum Gasteiger partial charge on any atom is 0.306 e. The number of pyridine rings is 1. The molecule has 2 aromatic carbocycles. The molecule has 0 saturated carbocycles. The van der Waals surface area contributed by atoms with Gasteiger partial charge in [-0.3, -0.25) is 14.0 Å². The van der Waals surface area contributed by atoms with Gasteiger partial charge in [0.15, 0.2) is 11.4 Å². The number of esters is 1. The number of amides is 1. The van der Waals surface area contributed by atoms with E-state index < -0.39 is 29.2 Å². The summed E-state index contributed by atoms with van der Waals surface area (Å²) in [4.78, 5) is 30.4. The third-order valence-corrected chi connectivity index (χ3v) is 6.08. The number of para-hydroxylation sites is 1. The Labute approximate surface area is 237 Å². The number of hydrogen-bond acceptors (Lipinski definition) is 6. The summed E-state index contributed by atoms with van der Waals surface area (Å²) in [5, 5.41) is 2.96. The van der Waals surface area contributed by atoms with Crippen LogP contribution in [0, 0.1) is 18.6 Å². The molecular weight excluding hydrogens is 532 g/mol. The third-order valence-electron chi connectivity index (χ3n) is 6.08. The number of nitrogens with zero attached hydrogens (tertiary/aromatic N) is 2. The summed E-state index contributed by atoms with van der Waals surface area (Å²) in [6.07, 6.45) is 2.01. The van der Waals surface area contributed by atoms with E-state index in [-0.39, 0.29) is 49.0 Å². The molecule has 1 atom stereocenters. The van der Waals surface area contributed by atoms with Crippen molar-refractivity contribution < 1.29 is 32.6 Å². The van der Waals surface area contributed by atoms with E-state index in [1.165, 1.54) is 6.07 Å². The molecule has 0 aliphatic heterocycles. The van der Waals surface area contributed by atoms with Crippen molar-refractivity contribution in [1.29, 1.82) is 0 Å². The van der Waals surface area contributed by atoms with Crippen LogP contribution in [0.3, 0.4) is 0 Å². The zero-order chi connectivity index (χ0) is 29.6. The van der Waals surface area contributed by atoms with Gasteiger partial charge < -0.3 is 19.5 Å². The van der Waals surface area contributed by atoms with Gasteiger partial charge in [-0.1, -0.05) is 24.3 Å². The third kappa shape index (κ3) is 7.81. The summed E-state index contributed by atoms with van der Waals surface area (Å²) in [6, 6.07) is 15.5. The Kier molecular flexibility index (Phi) is 9.21. The highest BCUT2D eigenvalue weighted by atomic mass is 19.1. The highest BCUT2D eigenvalue weighted by Gasteiger charge is 2.24. The van der Waals surface area contributed by atoms with Gasteiger partial charge in [-0.05, 0) is 70.5 Å². The van der Waals surface area contributed by atoms with Crippen LogP contribution in [0.25, 0.3) is 5.65 Å². The van der Waals surface area contributed by atoms with Gasteiger partial charge in [0.2, 0.25) is 0 Å². The molecule has 41 heavy (non-hydrogen) atoms. The van der Waals surface area contributed by atoms with Crippen LogP contribution < -0.4 is 14.8 Å². The minimum Gasteiger partial charge on any atom is -0.491 e. The number of carbonyl (C=O) groups is 2. The van der Waals surface area contributed by atoms with Gasteiger partial charge in [0.25, 0.3) is 5.91 Å². The van der Waals surface area contributed by atoms with Crippen molar-refractivity contribution in [3.8, 4) is 11.5 Å². The van der Waals surface area contributed by atoms with Gasteiger partial charge in [0.1, 0.15) is 41.9 Å². The van der Waals surface area contributed by atoms with Crippen molar-refractivity contribution in [3.05, 3.63) is 95.4 Å². The van der Waals surface area contributed by atoms with Gasteiger partial charge in [0.05, 0.1) is 17.3 Å². The van der Waals surface area contributed by atoms with Crippen molar-refractivity contribution in [1.82, 2.24) is 14.7 Å². The summed E-state index contributed by atoms with van der Waals surface area (Å²) in [6.45, 7) is 6.83. The van der Waals surface area contributed by atoms with Crippen molar-refractivity contribution in [2.45, 2.75) is 58.8 Å². The lowest BCUT2D eigenvalue weighted by Gasteiger charge is -2.22. The van der Waals surface area contributed by atoms with Crippen LogP contribution in [0.2, 0.25) is 0 Å². The normalized spacial score (nSPS) is 12.1. The summed E-state index contributed by atoms with van der Waals surface area (Å²) < 4.78 is 46.8. The number of aromatic nitrogens is 2. The molecule has 10 heteroatoms. The minimum absolute atomic E-state index is 0.0805. The van der Waals surface area contributed by atoms with Gasteiger partial charge in [0, 0.05) is 12.6 Å². The Balaban J connectivity index is 1.52. The average Bonchev–Trinajstić information content (AvgIpc) is 3.26. The number of rotatable bonds is 11. The lowest BCUT2D eigenvalue weighted by atomic mass is 10.1. The number of halogens is 2. The first-order chi connectivity index (χ1) is 19.5. The molecule has 2 heterocycles. The van der Waals surface area contributed by atoms with E-state index in [9.17, 15) is 18.4 Å².